The summed E-state index contributed by atoms with van der Waals surface area (Å²) < 4.78 is 34.1. The Labute approximate surface area is 179 Å². The van der Waals surface area contributed by atoms with E-state index in [9.17, 15) is 8.42 Å². The van der Waals surface area contributed by atoms with Crippen molar-refractivity contribution in [2.24, 2.45) is 5.92 Å². The van der Waals surface area contributed by atoms with Gasteiger partial charge in [0.2, 0.25) is 10.0 Å². The Morgan fingerprint density at radius 1 is 1.10 bits per heavy atom. The summed E-state index contributed by atoms with van der Waals surface area (Å²) >= 11 is 0. The first kappa shape index (κ1) is 20.0. The molecule has 2 fully saturated rings. The SMILES string of the molecule is COc1ccc2c(c1)CCN1C[C@H]3CCCN(S(=O)(=O)Cc4ccccc4)[C@@H]3C[C@@H]21. The molecule has 0 bridgehead atoms. The van der Waals surface area contributed by atoms with E-state index < -0.39 is 10.0 Å². The fourth-order valence-corrected chi connectivity index (χ4v) is 7.59. The van der Waals surface area contributed by atoms with Gasteiger partial charge < -0.3 is 4.74 Å². The third-order valence-electron chi connectivity index (χ3n) is 7.17. The first-order valence-electron chi connectivity index (χ1n) is 11.0. The maximum atomic E-state index is 13.4. The van der Waals surface area contributed by atoms with Gasteiger partial charge in [0.25, 0.3) is 0 Å². The van der Waals surface area contributed by atoms with Crippen LogP contribution in [0.4, 0.5) is 0 Å². The molecule has 160 valence electrons. The Hall–Kier alpha value is -1.89. The highest BCUT2D eigenvalue weighted by atomic mass is 32.2. The van der Waals surface area contributed by atoms with Gasteiger partial charge in [-0.25, -0.2) is 8.42 Å². The maximum absolute atomic E-state index is 13.4. The average molecular weight is 427 g/mol. The molecule has 2 aromatic rings. The number of methoxy groups -OCH3 is 1. The van der Waals surface area contributed by atoms with Crippen LogP contribution in [0, 0.1) is 5.92 Å². The van der Waals surface area contributed by atoms with Crippen LogP contribution in [0.15, 0.2) is 48.5 Å². The lowest BCUT2D eigenvalue weighted by Gasteiger charge is -2.51. The smallest absolute Gasteiger partial charge is 0.218 e. The number of hydrogen-bond donors (Lipinski definition) is 0. The van der Waals surface area contributed by atoms with Gasteiger partial charge in [-0.15, -0.1) is 0 Å². The Bertz CT molecular complexity index is 1010. The number of fused-ring (bicyclic) bond motifs is 4. The monoisotopic (exact) mass is 426 g/mol. The molecular weight excluding hydrogens is 396 g/mol. The molecule has 3 heterocycles. The minimum absolute atomic E-state index is 0.0965. The Balaban J connectivity index is 1.42. The fourth-order valence-electron chi connectivity index (χ4n) is 5.73. The lowest BCUT2D eigenvalue weighted by atomic mass is 9.77. The van der Waals surface area contributed by atoms with Gasteiger partial charge in [0, 0.05) is 31.7 Å². The first-order valence-corrected chi connectivity index (χ1v) is 12.6. The molecule has 0 amide bonds. The van der Waals surface area contributed by atoms with Crippen molar-refractivity contribution in [2.45, 2.75) is 43.5 Å². The zero-order valence-electron chi connectivity index (χ0n) is 17.5. The van der Waals surface area contributed by atoms with E-state index in [1.807, 2.05) is 40.7 Å². The summed E-state index contributed by atoms with van der Waals surface area (Å²) in [5.41, 5.74) is 3.57. The number of piperidine rings is 2. The molecule has 0 unspecified atom stereocenters. The minimum atomic E-state index is -3.34. The van der Waals surface area contributed by atoms with Crippen LogP contribution >= 0.6 is 0 Å². The van der Waals surface area contributed by atoms with Crippen molar-refractivity contribution in [3.8, 4) is 5.75 Å². The molecule has 0 N–H and O–H groups in total. The summed E-state index contributed by atoms with van der Waals surface area (Å²) in [6, 6.07) is 16.4. The number of benzene rings is 2. The Kier molecular flexibility index (Phi) is 5.33. The van der Waals surface area contributed by atoms with Crippen LogP contribution in [-0.2, 0) is 22.2 Å². The highest BCUT2D eigenvalue weighted by molar-refractivity contribution is 7.88. The van der Waals surface area contributed by atoms with E-state index in [1.165, 1.54) is 11.1 Å². The van der Waals surface area contributed by atoms with E-state index in [4.69, 9.17) is 4.74 Å². The highest BCUT2D eigenvalue weighted by Crippen LogP contribution is 2.44. The van der Waals surface area contributed by atoms with Crippen molar-refractivity contribution in [1.29, 1.82) is 0 Å². The summed E-state index contributed by atoms with van der Waals surface area (Å²) in [5.74, 6) is 1.43. The van der Waals surface area contributed by atoms with Crippen molar-refractivity contribution in [1.82, 2.24) is 9.21 Å². The molecule has 0 aliphatic carbocycles. The molecule has 0 aromatic heterocycles. The van der Waals surface area contributed by atoms with Crippen LogP contribution in [0.3, 0.4) is 0 Å². The van der Waals surface area contributed by atoms with Crippen molar-refractivity contribution in [3.63, 3.8) is 0 Å². The van der Waals surface area contributed by atoms with Gasteiger partial charge in [0.05, 0.1) is 12.9 Å². The lowest BCUT2D eigenvalue weighted by Crippen LogP contribution is -2.57. The fraction of sp³-hybridized carbons (Fsp3) is 0.500. The van der Waals surface area contributed by atoms with Gasteiger partial charge in [-0.1, -0.05) is 36.4 Å². The van der Waals surface area contributed by atoms with E-state index in [0.29, 0.717) is 18.5 Å². The average Bonchev–Trinajstić information content (AvgIpc) is 2.77. The summed E-state index contributed by atoms with van der Waals surface area (Å²) in [5, 5.41) is 0. The second-order valence-electron chi connectivity index (χ2n) is 8.88. The van der Waals surface area contributed by atoms with Crippen LogP contribution < -0.4 is 4.74 Å². The van der Waals surface area contributed by atoms with Gasteiger partial charge in [-0.2, -0.15) is 4.31 Å². The zero-order chi connectivity index (χ0) is 20.7. The van der Waals surface area contributed by atoms with Gasteiger partial charge >= 0.3 is 0 Å². The van der Waals surface area contributed by atoms with Crippen LogP contribution in [0.25, 0.3) is 0 Å². The summed E-state index contributed by atoms with van der Waals surface area (Å²) in [6.07, 6.45) is 4.01. The standard InChI is InChI=1S/C24H30N2O3S/c1-29-21-9-10-22-19(14-21)11-13-25-16-20-8-5-12-26(23(20)15-24(22)25)30(27,28)17-18-6-3-2-4-7-18/h2-4,6-7,9-10,14,20,23-24H,5,8,11-13,15-17H2,1H3/t20-,23-,24+/m1/s1. The molecule has 3 atom stereocenters. The molecule has 0 spiro atoms. The molecule has 3 aliphatic rings. The maximum Gasteiger partial charge on any atom is 0.218 e. The highest BCUT2D eigenvalue weighted by Gasteiger charge is 2.45. The predicted octanol–water partition coefficient (Wildman–Crippen LogP) is 3.61. The Morgan fingerprint density at radius 2 is 1.93 bits per heavy atom. The van der Waals surface area contributed by atoms with Crippen LogP contribution in [0.2, 0.25) is 0 Å². The van der Waals surface area contributed by atoms with Gasteiger partial charge in [-0.05, 0) is 60.4 Å². The van der Waals surface area contributed by atoms with Gasteiger partial charge in [-0.3, -0.25) is 4.90 Å². The zero-order valence-corrected chi connectivity index (χ0v) is 18.4. The molecule has 0 radical (unpaired) electrons. The largest absolute Gasteiger partial charge is 0.497 e. The van der Waals surface area contributed by atoms with Crippen molar-refractivity contribution >= 4 is 10.0 Å². The van der Waals surface area contributed by atoms with Gasteiger partial charge in [0.1, 0.15) is 5.75 Å². The molecule has 2 saturated heterocycles. The topological polar surface area (TPSA) is 49.9 Å². The van der Waals surface area contributed by atoms with Crippen LogP contribution in [0.1, 0.15) is 42.0 Å². The second kappa shape index (κ2) is 7.98. The lowest BCUT2D eigenvalue weighted by molar-refractivity contribution is 0.0219. The van der Waals surface area contributed by atoms with E-state index in [1.54, 1.807) is 7.11 Å². The predicted molar refractivity (Wildman–Crippen MR) is 118 cm³/mol. The quantitative estimate of drug-likeness (QED) is 0.750. The molecule has 6 heteroatoms. The molecule has 3 aliphatic heterocycles. The number of nitrogens with zero attached hydrogens (tertiary/aromatic N) is 2. The summed E-state index contributed by atoms with van der Waals surface area (Å²) in [4.78, 5) is 2.59. The second-order valence-corrected chi connectivity index (χ2v) is 10.8. The third kappa shape index (κ3) is 3.66. The molecule has 0 saturated carbocycles. The molecule has 5 nitrogen and oxygen atoms in total. The first-order chi connectivity index (χ1) is 14.5. The molecule has 5 rings (SSSR count). The van der Waals surface area contributed by atoms with Gasteiger partial charge in [0.15, 0.2) is 0 Å². The van der Waals surface area contributed by atoms with Crippen molar-refractivity contribution < 1.29 is 13.2 Å². The summed E-state index contributed by atoms with van der Waals surface area (Å²) in [7, 11) is -1.63. The number of hydrogen-bond acceptors (Lipinski definition) is 4. The van der Waals surface area contributed by atoms with Crippen molar-refractivity contribution in [3.05, 3.63) is 65.2 Å². The number of sulfonamides is 1. The summed E-state index contributed by atoms with van der Waals surface area (Å²) in [6.45, 7) is 2.70. The normalized spacial score (nSPS) is 27.0. The Morgan fingerprint density at radius 3 is 2.73 bits per heavy atom. The van der Waals surface area contributed by atoms with E-state index in [-0.39, 0.29) is 11.8 Å². The molecule has 30 heavy (non-hydrogen) atoms. The third-order valence-corrected chi connectivity index (χ3v) is 9.03. The van der Waals surface area contributed by atoms with E-state index >= 15 is 0 Å². The van der Waals surface area contributed by atoms with Crippen LogP contribution in [0.5, 0.6) is 5.75 Å². The number of rotatable bonds is 4. The van der Waals surface area contributed by atoms with Crippen LogP contribution in [-0.4, -0.2) is 50.4 Å². The molecular formula is C24H30N2O3S. The van der Waals surface area contributed by atoms with Crippen molar-refractivity contribution in [2.75, 3.05) is 26.7 Å². The van der Waals surface area contributed by atoms with E-state index in [0.717, 1.165) is 50.1 Å². The number of ether oxygens (including phenoxy) is 1. The molecule has 2 aromatic carbocycles. The minimum Gasteiger partial charge on any atom is -0.497 e. The van der Waals surface area contributed by atoms with E-state index in [2.05, 4.69) is 17.0 Å².